The van der Waals surface area contributed by atoms with Crippen LogP contribution in [0.5, 0.6) is 5.75 Å². The van der Waals surface area contributed by atoms with Crippen molar-refractivity contribution in [1.29, 1.82) is 0 Å². The summed E-state index contributed by atoms with van der Waals surface area (Å²) in [7, 11) is 0. The summed E-state index contributed by atoms with van der Waals surface area (Å²) < 4.78 is 4.93. The van der Waals surface area contributed by atoms with Gasteiger partial charge in [0, 0.05) is 29.9 Å². The molecule has 0 radical (unpaired) electrons. The SMILES string of the molecule is CCC(=O)Oc1cc(N)cc(N)c1. The van der Waals surface area contributed by atoms with E-state index in [4.69, 9.17) is 16.2 Å². The minimum Gasteiger partial charge on any atom is -0.426 e. The molecule has 1 rings (SSSR count). The average molecular weight is 180 g/mol. The second kappa shape index (κ2) is 3.80. The number of nitrogens with two attached hydrogens (primary N) is 2. The van der Waals surface area contributed by atoms with E-state index in [1.807, 2.05) is 0 Å². The van der Waals surface area contributed by atoms with Crippen molar-refractivity contribution in [2.24, 2.45) is 0 Å². The van der Waals surface area contributed by atoms with Crippen molar-refractivity contribution in [2.75, 3.05) is 11.5 Å². The van der Waals surface area contributed by atoms with Crippen LogP contribution in [-0.4, -0.2) is 5.97 Å². The molecule has 0 unspecified atom stereocenters. The number of nitrogen functional groups attached to an aromatic ring is 2. The third-order valence-electron chi connectivity index (χ3n) is 1.47. The predicted molar refractivity (Wildman–Crippen MR) is 51.2 cm³/mol. The van der Waals surface area contributed by atoms with Crippen molar-refractivity contribution in [3.8, 4) is 5.75 Å². The Labute approximate surface area is 76.5 Å². The highest BCUT2D eigenvalue weighted by atomic mass is 16.5. The molecule has 4 nitrogen and oxygen atoms in total. The Morgan fingerprint density at radius 1 is 1.31 bits per heavy atom. The smallest absolute Gasteiger partial charge is 0.310 e. The lowest BCUT2D eigenvalue weighted by molar-refractivity contribution is -0.134. The first-order valence-corrected chi connectivity index (χ1v) is 3.98. The van der Waals surface area contributed by atoms with Gasteiger partial charge in [-0.2, -0.15) is 0 Å². The lowest BCUT2D eigenvalue weighted by Crippen LogP contribution is -2.06. The molecular weight excluding hydrogens is 168 g/mol. The van der Waals surface area contributed by atoms with Crippen molar-refractivity contribution in [1.82, 2.24) is 0 Å². The van der Waals surface area contributed by atoms with Crippen LogP contribution < -0.4 is 16.2 Å². The summed E-state index contributed by atoms with van der Waals surface area (Å²) in [5.41, 5.74) is 12.0. The number of hydrogen-bond donors (Lipinski definition) is 2. The van der Waals surface area contributed by atoms with Crippen LogP contribution in [0.15, 0.2) is 18.2 Å². The molecule has 0 spiro atoms. The zero-order valence-corrected chi connectivity index (χ0v) is 7.41. The Balaban J connectivity index is 2.83. The number of ether oxygens (including phenoxy) is 1. The Bertz CT molecular complexity index is 303. The van der Waals surface area contributed by atoms with Crippen LogP contribution in [0.4, 0.5) is 11.4 Å². The summed E-state index contributed by atoms with van der Waals surface area (Å²) in [6, 6.07) is 4.72. The van der Waals surface area contributed by atoms with Crippen LogP contribution >= 0.6 is 0 Å². The first-order valence-electron chi connectivity index (χ1n) is 3.98. The molecule has 0 atom stereocenters. The second-order valence-corrected chi connectivity index (χ2v) is 2.66. The summed E-state index contributed by atoms with van der Waals surface area (Å²) in [6.07, 6.45) is 0.328. The maximum absolute atomic E-state index is 10.9. The molecule has 1 aromatic rings. The van der Waals surface area contributed by atoms with Crippen molar-refractivity contribution in [3.63, 3.8) is 0 Å². The first kappa shape index (κ1) is 9.38. The van der Waals surface area contributed by atoms with Gasteiger partial charge in [-0.15, -0.1) is 0 Å². The molecule has 4 N–H and O–H groups in total. The molecule has 0 amide bonds. The van der Waals surface area contributed by atoms with Crippen molar-refractivity contribution >= 4 is 17.3 Å². The Morgan fingerprint density at radius 2 is 1.85 bits per heavy atom. The molecular formula is C9H12N2O2. The van der Waals surface area contributed by atoms with Gasteiger partial charge in [0.05, 0.1) is 0 Å². The molecule has 13 heavy (non-hydrogen) atoms. The van der Waals surface area contributed by atoms with Crippen LogP contribution in [0.2, 0.25) is 0 Å². The molecule has 1 aromatic carbocycles. The van der Waals surface area contributed by atoms with Gasteiger partial charge in [0.1, 0.15) is 5.75 Å². The molecule has 0 aliphatic carbocycles. The molecule has 70 valence electrons. The number of carbonyl (C=O) groups excluding carboxylic acids is 1. The monoisotopic (exact) mass is 180 g/mol. The number of benzene rings is 1. The predicted octanol–water partition coefficient (Wildman–Crippen LogP) is 1.17. The lowest BCUT2D eigenvalue weighted by atomic mass is 10.2. The van der Waals surface area contributed by atoms with Crippen molar-refractivity contribution < 1.29 is 9.53 Å². The highest BCUT2D eigenvalue weighted by Gasteiger charge is 2.02. The van der Waals surface area contributed by atoms with Crippen molar-refractivity contribution in [3.05, 3.63) is 18.2 Å². The van der Waals surface area contributed by atoms with Gasteiger partial charge in [-0.05, 0) is 6.07 Å². The number of anilines is 2. The fourth-order valence-electron chi connectivity index (χ4n) is 0.909. The third kappa shape index (κ3) is 2.66. The van der Waals surface area contributed by atoms with Crippen LogP contribution in [0.3, 0.4) is 0 Å². The average Bonchev–Trinajstić information content (AvgIpc) is 2.02. The van der Waals surface area contributed by atoms with Gasteiger partial charge in [0.25, 0.3) is 0 Å². The minimum absolute atomic E-state index is 0.301. The summed E-state index contributed by atoms with van der Waals surface area (Å²) in [6.45, 7) is 1.72. The quantitative estimate of drug-likeness (QED) is 0.406. The maximum Gasteiger partial charge on any atom is 0.310 e. The van der Waals surface area contributed by atoms with E-state index in [1.165, 1.54) is 0 Å². The van der Waals surface area contributed by atoms with Crippen molar-refractivity contribution in [2.45, 2.75) is 13.3 Å². The topological polar surface area (TPSA) is 78.3 Å². The molecule has 0 aliphatic heterocycles. The number of rotatable bonds is 2. The molecule has 0 saturated heterocycles. The Morgan fingerprint density at radius 3 is 2.31 bits per heavy atom. The van der Waals surface area contributed by atoms with Gasteiger partial charge in [-0.1, -0.05) is 6.92 Å². The third-order valence-corrected chi connectivity index (χ3v) is 1.47. The van der Waals surface area contributed by atoms with Crippen LogP contribution in [-0.2, 0) is 4.79 Å². The van der Waals surface area contributed by atoms with Gasteiger partial charge >= 0.3 is 5.97 Å². The number of hydrogen-bond acceptors (Lipinski definition) is 4. The fourth-order valence-corrected chi connectivity index (χ4v) is 0.909. The van der Waals surface area contributed by atoms with E-state index in [9.17, 15) is 4.79 Å². The van der Waals surface area contributed by atoms with Gasteiger partial charge in [0.15, 0.2) is 0 Å². The van der Waals surface area contributed by atoms with Gasteiger partial charge in [0.2, 0.25) is 0 Å². The van der Waals surface area contributed by atoms with Gasteiger partial charge in [-0.3, -0.25) is 4.79 Å². The van der Waals surface area contributed by atoms with Gasteiger partial charge in [-0.25, -0.2) is 0 Å². The Hall–Kier alpha value is -1.71. The van der Waals surface area contributed by atoms with E-state index in [2.05, 4.69) is 0 Å². The molecule has 0 aromatic heterocycles. The van der Waals surface area contributed by atoms with Crippen LogP contribution in [0.1, 0.15) is 13.3 Å². The standard InChI is InChI=1S/C9H12N2O2/c1-2-9(12)13-8-4-6(10)3-7(11)5-8/h3-5H,2,10-11H2,1H3. The van der Waals surface area contributed by atoms with E-state index < -0.39 is 0 Å². The zero-order valence-electron chi connectivity index (χ0n) is 7.41. The minimum atomic E-state index is -0.301. The highest BCUT2D eigenvalue weighted by molar-refractivity contribution is 5.73. The first-order chi connectivity index (χ1) is 6.11. The van der Waals surface area contributed by atoms with E-state index in [0.717, 1.165) is 0 Å². The largest absolute Gasteiger partial charge is 0.426 e. The maximum atomic E-state index is 10.9. The van der Waals surface area contributed by atoms with E-state index in [-0.39, 0.29) is 5.97 Å². The summed E-state index contributed by atoms with van der Waals surface area (Å²) in [4.78, 5) is 10.9. The fraction of sp³-hybridized carbons (Fsp3) is 0.222. The normalized spacial score (nSPS) is 9.62. The molecule has 0 fully saturated rings. The van der Waals surface area contributed by atoms with Crippen LogP contribution in [0.25, 0.3) is 0 Å². The summed E-state index contributed by atoms with van der Waals surface area (Å²) in [5.74, 6) is 0.0920. The summed E-state index contributed by atoms with van der Waals surface area (Å²) in [5, 5.41) is 0. The lowest BCUT2D eigenvalue weighted by Gasteiger charge is -2.04. The number of carbonyl (C=O) groups is 1. The van der Waals surface area contributed by atoms with Gasteiger partial charge < -0.3 is 16.2 Å². The highest BCUT2D eigenvalue weighted by Crippen LogP contribution is 2.20. The number of esters is 1. The Kier molecular flexibility index (Phi) is 2.74. The molecule has 0 heterocycles. The second-order valence-electron chi connectivity index (χ2n) is 2.66. The summed E-state index contributed by atoms with van der Waals surface area (Å²) >= 11 is 0. The molecule has 0 bridgehead atoms. The van der Waals surface area contributed by atoms with E-state index >= 15 is 0 Å². The molecule has 4 heteroatoms. The van der Waals surface area contributed by atoms with E-state index in [0.29, 0.717) is 23.5 Å². The molecule has 0 saturated carbocycles. The zero-order chi connectivity index (χ0) is 9.84. The van der Waals surface area contributed by atoms with Crippen LogP contribution in [0, 0.1) is 0 Å². The molecule has 0 aliphatic rings. The van der Waals surface area contributed by atoms with E-state index in [1.54, 1.807) is 25.1 Å².